The molecule has 0 saturated carbocycles. The van der Waals surface area contributed by atoms with Gasteiger partial charge in [0.25, 0.3) is 0 Å². The third kappa shape index (κ3) is 18.7. The molecule has 0 aromatic carbocycles. The van der Waals surface area contributed by atoms with E-state index in [1.54, 1.807) is 0 Å². The van der Waals surface area contributed by atoms with Gasteiger partial charge in [-0.3, -0.25) is 0 Å². The van der Waals surface area contributed by atoms with Crippen LogP contribution in [0.4, 0.5) is 0 Å². The summed E-state index contributed by atoms with van der Waals surface area (Å²) in [6.45, 7) is 0. The van der Waals surface area contributed by atoms with Gasteiger partial charge in [-0.15, -0.1) is 0 Å². The first-order chi connectivity index (χ1) is 0. The normalized spacial score (nSPS) is 0. The fourth-order valence-electron chi connectivity index (χ4n) is 0. The van der Waals surface area contributed by atoms with E-state index in [1.165, 1.54) is 0 Å². The van der Waals surface area contributed by atoms with E-state index in [1.807, 2.05) is 0 Å². The fraction of sp³-hybridized carbons (Fsp3) is 0. The summed E-state index contributed by atoms with van der Waals surface area (Å²) in [5.74, 6) is 0. The summed E-state index contributed by atoms with van der Waals surface area (Å²) in [4.78, 5) is 0. The topological polar surface area (TPSA) is 93.5 Å². The van der Waals surface area contributed by atoms with Crippen molar-refractivity contribution in [2.75, 3.05) is 0 Å². The number of hydrogen-bond donors (Lipinski definition) is 1. The molecule has 3 nitrogen and oxygen atoms in total. The summed E-state index contributed by atoms with van der Waals surface area (Å²) in [5, 5.41) is 0. The number of rotatable bonds is 0. The van der Waals surface area contributed by atoms with Gasteiger partial charge in [0, 0.05) is 0 Å². The summed E-state index contributed by atoms with van der Waals surface area (Å²) in [7, 11) is 0. The van der Waals surface area contributed by atoms with Gasteiger partial charge in [0.1, 0.15) is 0 Å². The minimum Gasteiger partial charge on any atom is -2.00 e. The Morgan fingerprint density at radius 3 is 1.00 bits per heavy atom. The van der Waals surface area contributed by atoms with Crippen LogP contribution in [0.5, 0.6) is 0 Å². The minimum absolute atomic E-state index is 0. The zero-order valence-electron chi connectivity index (χ0n) is 2.06. The summed E-state index contributed by atoms with van der Waals surface area (Å²) >= 11 is 0. The predicted molar refractivity (Wildman–Crippen MR) is 7.64 cm³/mol. The van der Waals surface area contributed by atoms with Crippen LogP contribution in [0, 0.1) is 0 Å². The van der Waals surface area contributed by atoms with Crippen LogP contribution in [0.3, 0.4) is 0 Å². The van der Waals surface area contributed by atoms with Gasteiger partial charge in [-0.2, -0.15) is 0 Å². The van der Waals surface area contributed by atoms with E-state index in [9.17, 15) is 0 Å². The molecule has 0 aromatic rings. The maximum atomic E-state index is 0. The van der Waals surface area contributed by atoms with Gasteiger partial charge in [0.05, 0.1) is 0 Å². The average molecular weight is 97.9 g/mol. The monoisotopic (exact) mass is 98.0 g/mol. The van der Waals surface area contributed by atoms with Crippen LogP contribution in [-0.4, -0.2) is 5.48 Å². The molecule has 4 N–H and O–H groups in total. The van der Waals surface area contributed by atoms with Crippen molar-refractivity contribution in [3.63, 3.8) is 0 Å². The Labute approximate surface area is 39.5 Å². The van der Waals surface area contributed by atoms with Gasteiger partial charge < -0.3 is 17.1 Å². The van der Waals surface area contributed by atoms with Gasteiger partial charge in [-0.25, -0.2) is 0 Å². The SMILES string of the molecule is N.[O-2].[OH-].[Ti+3]. The van der Waals surface area contributed by atoms with E-state index in [-0.39, 0.29) is 38.8 Å². The number of hydrogen-bond acceptors (Lipinski definition) is 2. The van der Waals surface area contributed by atoms with Gasteiger partial charge in [-0.1, -0.05) is 0 Å². The summed E-state index contributed by atoms with van der Waals surface area (Å²) in [6, 6.07) is 0. The molecule has 0 aliphatic carbocycles. The molecule has 0 aromatic heterocycles. The molecule has 0 unspecified atom stereocenters. The molecular formula is H4NO2Ti. The maximum absolute atomic E-state index is 0. The molecule has 4 heteroatoms. The Balaban J connectivity index is 0. The van der Waals surface area contributed by atoms with Crippen LogP contribution in [0.2, 0.25) is 0 Å². The third-order valence-electron chi connectivity index (χ3n) is 0. The van der Waals surface area contributed by atoms with Crippen LogP contribution in [-0.2, 0) is 27.2 Å². The first kappa shape index (κ1) is 168. The van der Waals surface area contributed by atoms with Gasteiger partial charge >= 0.3 is 21.7 Å². The zero-order chi connectivity index (χ0) is 0. The molecule has 25 valence electrons. The first-order valence-corrected chi connectivity index (χ1v) is 0. The van der Waals surface area contributed by atoms with E-state index in [0.717, 1.165) is 0 Å². The molecule has 0 fully saturated rings. The van der Waals surface area contributed by atoms with Crippen LogP contribution in [0.25, 0.3) is 0 Å². The van der Waals surface area contributed by atoms with Crippen molar-refractivity contribution in [1.29, 1.82) is 0 Å². The zero-order valence-corrected chi connectivity index (χ0v) is 3.62. The van der Waals surface area contributed by atoms with Crippen molar-refractivity contribution in [2.45, 2.75) is 0 Å². The Bertz CT molecular complexity index is 6.00. The molecule has 0 atom stereocenters. The Hall–Kier alpha value is 0.594. The second-order valence-electron chi connectivity index (χ2n) is 0. The van der Waals surface area contributed by atoms with Crippen LogP contribution in [0.1, 0.15) is 0 Å². The molecule has 0 heterocycles. The van der Waals surface area contributed by atoms with E-state index in [2.05, 4.69) is 0 Å². The largest absolute Gasteiger partial charge is 3.00 e. The summed E-state index contributed by atoms with van der Waals surface area (Å²) in [5.41, 5.74) is 0. The van der Waals surface area contributed by atoms with E-state index < -0.39 is 0 Å². The molecule has 0 spiro atoms. The van der Waals surface area contributed by atoms with Crippen LogP contribution in [0.15, 0.2) is 0 Å². The molecule has 0 aliphatic heterocycles. The van der Waals surface area contributed by atoms with Crippen molar-refractivity contribution in [3.05, 3.63) is 0 Å². The van der Waals surface area contributed by atoms with E-state index in [4.69, 9.17) is 0 Å². The Morgan fingerprint density at radius 1 is 1.00 bits per heavy atom. The van der Waals surface area contributed by atoms with Crippen molar-refractivity contribution in [3.8, 4) is 0 Å². The molecule has 0 aliphatic rings. The van der Waals surface area contributed by atoms with Gasteiger partial charge in [0.2, 0.25) is 0 Å². The second kappa shape index (κ2) is 68.5. The van der Waals surface area contributed by atoms with Crippen LogP contribution < -0.4 is 6.15 Å². The summed E-state index contributed by atoms with van der Waals surface area (Å²) < 4.78 is 0. The molecule has 0 amide bonds. The van der Waals surface area contributed by atoms with E-state index in [0.29, 0.717) is 0 Å². The Kier molecular flexibility index (Phi) is 2880. The minimum atomic E-state index is 0. The van der Waals surface area contributed by atoms with Crippen molar-refractivity contribution in [2.24, 2.45) is 0 Å². The molecule has 0 saturated heterocycles. The first-order valence-electron chi connectivity index (χ1n) is 0. The van der Waals surface area contributed by atoms with Crippen molar-refractivity contribution in [1.82, 2.24) is 6.15 Å². The average Bonchev–Trinajstić information content (AvgIpc) is 0. The molecule has 1 radical (unpaired) electrons. The molecular weight excluding hydrogens is 93.9 g/mol. The predicted octanol–water partition coefficient (Wildman–Crippen LogP) is -0.136. The molecule has 4 heavy (non-hydrogen) atoms. The van der Waals surface area contributed by atoms with Crippen molar-refractivity contribution < 1.29 is 32.7 Å². The quantitative estimate of drug-likeness (QED) is 0.427. The van der Waals surface area contributed by atoms with E-state index >= 15 is 0 Å². The fourth-order valence-corrected chi connectivity index (χ4v) is 0. The van der Waals surface area contributed by atoms with Gasteiger partial charge in [0.15, 0.2) is 0 Å². The smallest absolute Gasteiger partial charge is 2.00 e. The van der Waals surface area contributed by atoms with Crippen molar-refractivity contribution >= 4 is 0 Å². The maximum Gasteiger partial charge on any atom is 3.00 e. The standard InChI is InChI=1S/H3N.H2O.O.Ti/h1H3;1H2;;/q;;-2;+3/p-1. The second-order valence-corrected chi connectivity index (χ2v) is 0. The molecule has 0 bridgehead atoms. The Morgan fingerprint density at radius 2 is 1.00 bits per heavy atom. The van der Waals surface area contributed by atoms with Crippen LogP contribution >= 0.6 is 0 Å². The molecule has 0 rings (SSSR count). The van der Waals surface area contributed by atoms with Gasteiger partial charge in [-0.05, 0) is 0 Å². The summed E-state index contributed by atoms with van der Waals surface area (Å²) in [6.07, 6.45) is 0. The third-order valence-corrected chi connectivity index (χ3v) is 0.